The second-order valence-electron chi connectivity index (χ2n) is 7.52. The SMILES string of the molecule is COc1cnc2cc(Nc3nc(N[C@@H]4CCCC[C@@H]4N)c(F)cc3C(N)=O)ccc2n1. The summed E-state index contributed by atoms with van der Waals surface area (Å²) in [6.45, 7) is 0. The van der Waals surface area contributed by atoms with Gasteiger partial charge in [-0.1, -0.05) is 12.8 Å². The van der Waals surface area contributed by atoms with Gasteiger partial charge in [-0.25, -0.2) is 19.3 Å². The number of primary amides is 1. The molecular formula is C21H24FN7O2. The van der Waals surface area contributed by atoms with E-state index in [1.807, 2.05) is 0 Å². The van der Waals surface area contributed by atoms with Crippen LogP contribution in [0.2, 0.25) is 0 Å². The molecule has 9 nitrogen and oxygen atoms in total. The number of carbonyl (C=O) groups is 1. The fourth-order valence-corrected chi connectivity index (χ4v) is 3.69. The lowest BCUT2D eigenvalue weighted by Crippen LogP contribution is -2.43. The maximum Gasteiger partial charge on any atom is 0.252 e. The molecule has 1 amide bonds. The van der Waals surface area contributed by atoms with Gasteiger partial charge in [-0.15, -0.1) is 0 Å². The molecule has 0 saturated heterocycles. The molecule has 2 aromatic heterocycles. The van der Waals surface area contributed by atoms with Crippen LogP contribution in [-0.4, -0.2) is 40.1 Å². The van der Waals surface area contributed by atoms with Crippen molar-refractivity contribution in [3.05, 3.63) is 41.8 Å². The number of pyridine rings is 1. The number of halogens is 1. The molecule has 1 aromatic carbocycles. The number of ether oxygens (including phenoxy) is 1. The Morgan fingerprint density at radius 3 is 2.71 bits per heavy atom. The average molecular weight is 425 g/mol. The first kappa shape index (κ1) is 20.7. The summed E-state index contributed by atoms with van der Waals surface area (Å²) in [5, 5.41) is 6.14. The lowest BCUT2D eigenvalue weighted by molar-refractivity contribution is 0.100. The number of benzene rings is 1. The number of rotatable bonds is 6. The van der Waals surface area contributed by atoms with E-state index in [9.17, 15) is 9.18 Å². The van der Waals surface area contributed by atoms with Crippen LogP contribution in [0.1, 0.15) is 36.0 Å². The normalized spacial score (nSPS) is 18.5. The van der Waals surface area contributed by atoms with Crippen LogP contribution in [0.25, 0.3) is 11.0 Å². The topological polar surface area (TPSA) is 141 Å². The van der Waals surface area contributed by atoms with E-state index in [-0.39, 0.29) is 29.3 Å². The quantitative estimate of drug-likeness (QED) is 0.472. The maximum absolute atomic E-state index is 14.7. The van der Waals surface area contributed by atoms with Gasteiger partial charge in [-0.3, -0.25) is 4.79 Å². The van der Waals surface area contributed by atoms with Gasteiger partial charge in [-0.2, -0.15) is 0 Å². The summed E-state index contributed by atoms with van der Waals surface area (Å²) < 4.78 is 19.7. The zero-order chi connectivity index (χ0) is 22.0. The molecule has 2 heterocycles. The fourth-order valence-electron chi connectivity index (χ4n) is 3.69. The van der Waals surface area contributed by atoms with Crippen molar-refractivity contribution in [2.75, 3.05) is 17.7 Å². The summed E-state index contributed by atoms with van der Waals surface area (Å²) in [6.07, 6.45) is 5.27. The van der Waals surface area contributed by atoms with Crippen LogP contribution in [-0.2, 0) is 0 Å². The van der Waals surface area contributed by atoms with Crippen molar-refractivity contribution >= 4 is 34.3 Å². The third-order valence-electron chi connectivity index (χ3n) is 5.38. The van der Waals surface area contributed by atoms with Crippen molar-refractivity contribution in [1.29, 1.82) is 0 Å². The number of hydrogen-bond donors (Lipinski definition) is 4. The van der Waals surface area contributed by atoms with Gasteiger partial charge < -0.3 is 26.8 Å². The molecule has 1 fully saturated rings. The Morgan fingerprint density at radius 2 is 1.97 bits per heavy atom. The molecule has 6 N–H and O–H groups in total. The van der Waals surface area contributed by atoms with E-state index in [2.05, 4.69) is 25.6 Å². The summed E-state index contributed by atoms with van der Waals surface area (Å²) in [6, 6.07) is 6.14. The highest BCUT2D eigenvalue weighted by Gasteiger charge is 2.24. The molecule has 162 valence electrons. The van der Waals surface area contributed by atoms with Crippen LogP contribution in [0.3, 0.4) is 0 Å². The molecule has 0 aliphatic heterocycles. The molecule has 1 saturated carbocycles. The summed E-state index contributed by atoms with van der Waals surface area (Å²) in [4.78, 5) is 24.8. The second-order valence-corrected chi connectivity index (χ2v) is 7.52. The predicted molar refractivity (Wildman–Crippen MR) is 116 cm³/mol. The summed E-state index contributed by atoms with van der Waals surface area (Å²) in [5.41, 5.74) is 13.4. The highest BCUT2D eigenvalue weighted by Crippen LogP contribution is 2.27. The van der Waals surface area contributed by atoms with Crippen molar-refractivity contribution in [3.63, 3.8) is 0 Å². The number of amides is 1. The minimum Gasteiger partial charge on any atom is -0.480 e. The van der Waals surface area contributed by atoms with E-state index >= 15 is 0 Å². The van der Waals surface area contributed by atoms with Crippen molar-refractivity contribution in [3.8, 4) is 5.88 Å². The lowest BCUT2D eigenvalue weighted by Gasteiger charge is -2.30. The van der Waals surface area contributed by atoms with Crippen LogP contribution in [0.5, 0.6) is 5.88 Å². The first-order chi connectivity index (χ1) is 14.9. The summed E-state index contributed by atoms with van der Waals surface area (Å²) >= 11 is 0. The lowest BCUT2D eigenvalue weighted by atomic mass is 9.91. The molecule has 1 aliphatic carbocycles. The monoisotopic (exact) mass is 425 g/mol. The number of nitrogens with zero attached hydrogens (tertiary/aromatic N) is 3. The molecule has 0 radical (unpaired) electrons. The van der Waals surface area contributed by atoms with Crippen LogP contribution in [0.4, 0.5) is 21.7 Å². The van der Waals surface area contributed by atoms with Crippen LogP contribution in [0, 0.1) is 5.82 Å². The number of hydrogen-bond acceptors (Lipinski definition) is 8. The summed E-state index contributed by atoms with van der Waals surface area (Å²) in [7, 11) is 1.52. The van der Waals surface area contributed by atoms with Crippen molar-refractivity contribution in [2.24, 2.45) is 11.5 Å². The van der Waals surface area contributed by atoms with E-state index in [0.717, 1.165) is 31.7 Å². The molecule has 4 rings (SSSR count). The average Bonchev–Trinajstić information content (AvgIpc) is 2.76. The molecule has 0 unspecified atom stereocenters. The fraction of sp³-hybridized carbons (Fsp3) is 0.333. The Morgan fingerprint density at radius 1 is 1.16 bits per heavy atom. The van der Waals surface area contributed by atoms with Gasteiger partial charge in [0.1, 0.15) is 5.82 Å². The number of anilines is 3. The standard InChI is InChI=1S/C21H24FN7O2/c1-31-18-10-25-17-8-11(6-7-16(17)27-18)26-20-12(19(24)30)9-13(22)21(29-20)28-15-5-3-2-4-14(15)23/h6-10,14-15H,2-5,23H2,1H3,(H2,24,30)(H2,26,28,29)/t14-,15+/m0/s1. The molecule has 1 aliphatic rings. The zero-order valence-electron chi connectivity index (χ0n) is 17.1. The molecule has 3 aromatic rings. The van der Waals surface area contributed by atoms with Crippen molar-refractivity contribution in [2.45, 2.75) is 37.8 Å². The zero-order valence-corrected chi connectivity index (χ0v) is 17.1. The molecule has 2 atom stereocenters. The Labute approximate surface area is 178 Å². The van der Waals surface area contributed by atoms with Gasteiger partial charge in [0, 0.05) is 17.8 Å². The van der Waals surface area contributed by atoms with Gasteiger partial charge in [-0.05, 0) is 37.1 Å². The highest BCUT2D eigenvalue weighted by atomic mass is 19.1. The Kier molecular flexibility index (Phi) is 5.81. The van der Waals surface area contributed by atoms with Crippen LogP contribution in [0.15, 0.2) is 30.5 Å². The molecule has 10 heteroatoms. The van der Waals surface area contributed by atoms with Crippen LogP contribution >= 0.6 is 0 Å². The molecule has 0 bridgehead atoms. The maximum atomic E-state index is 14.7. The summed E-state index contributed by atoms with van der Waals surface area (Å²) in [5.74, 6) is -0.878. The Hall–Kier alpha value is -3.53. The molecule has 0 spiro atoms. The molecular weight excluding hydrogens is 401 g/mol. The van der Waals surface area contributed by atoms with Crippen molar-refractivity contribution < 1.29 is 13.9 Å². The number of fused-ring (bicyclic) bond motifs is 1. The number of nitrogens with two attached hydrogens (primary N) is 2. The number of methoxy groups -OCH3 is 1. The van der Waals surface area contributed by atoms with Gasteiger partial charge >= 0.3 is 0 Å². The van der Waals surface area contributed by atoms with Gasteiger partial charge in [0.2, 0.25) is 5.88 Å². The predicted octanol–water partition coefficient (Wildman–Crippen LogP) is 2.70. The minimum atomic E-state index is -0.792. The first-order valence-corrected chi connectivity index (χ1v) is 10.0. The number of carbonyl (C=O) groups excluding carboxylic acids is 1. The van der Waals surface area contributed by atoms with Gasteiger partial charge in [0.15, 0.2) is 11.6 Å². The largest absolute Gasteiger partial charge is 0.480 e. The van der Waals surface area contributed by atoms with E-state index in [4.69, 9.17) is 16.2 Å². The second kappa shape index (κ2) is 8.68. The van der Waals surface area contributed by atoms with E-state index in [1.54, 1.807) is 18.2 Å². The highest BCUT2D eigenvalue weighted by molar-refractivity contribution is 5.98. The van der Waals surface area contributed by atoms with E-state index in [1.165, 1.54) is 13.3 Å². The Balaban J connectivity index is 1.65. The van der Waals surface area contributed by atoms with Gasteiger partial charge in [0.05, 0.1) is 29.9 Å². The number of aromatic nitrogens is 3. The molecule has 31 heavy (non-hydrogen) atoms. The third kappa shape index (κ3) is 4.48. The van der Waals surface area contributed by atoms with E-state index < -0.39 is 11.7 Å². The third-order valence-corrected chi connectivity index (χ3v) is 5.38. The number of nitrogens with one attached hydrogen (secondary N) is 2. The Bertz CT molecular complexity index is 1120. The first-order valence-electron chi connectivity index (χ1n) is 10.0. The van der Waals surface area contributed by atoms with Crippen LogP contribution < -0.4 is 26.8 Å². The van der Waals surface area contributed by atoms with Gasteiger partial charge in [0.25, 0.3) is 5.91 Å². The smallest absolute Gasteiger partial charge is 0.252 e. The minimum absolute atomic E-state index is 0.0279. The van der Waals surface area contributed by atoms with E-state index in [0.29, 0.717) is 22.6 Å². The van der Waals surface area contributed by atoms with Crippen molar-refractivity contribution in [1.82, 2.24) is 15.0 Å².